The van der Waals surface area contributed by atoms with Crippen LogP contribution in [0.25, 0.3) is 97.8 Å². The zero-order chi connectivity index (χ0) is 47.8. The number of nitrogens with zero attached hydrogens (tertiary/aromatic N) is 3. The van der Waals surface area contributed by atoms with Crippen LogP contribution in [0, 0.1) is 0 Å². The molecule has 3 aromatic heterocycles. The van der Waals surface area contributed by atoms with Crippen molar-refractivity contribution in [1.29, 1.82) is 0 Å². The van der Waals surface area contributed by atoms with E-state index in [0.29, 0.717) is 49.2 Å². The molecular weight excluding hydrogens is 853 g/mol. The summed E-state index contributed by atoms with van der Waals surface area (Å²) in [6, 6.07) is 26.0. The van der Waals surface area contributed by atoms with Gasteiger partial charge in [-0.2, -0.15) is 0 Å². The van der Waals surface area contributed by atoms with E-state index in [9.17, 15) is 0 Å². The van der Waals surface area contributed by atoms with Gasteiger partial charge < -0.3 is 4.98 Å². The first-order valence-electron chi connectivity index (χ1n) is 26.7. The highest BCUT2D eigenvalue weighted by Crippen LogP contribution is 2.47. The lowest BCUT2D eigenvalue weighted by Gasteiger charge is -2.23. The summed E-state index contributed by atoms with van der Waals surface area (Å²) in [7, 11) is 0. The van der Waals surface area contributed by atoms with Gasteiger partial charge in [0.15, 0.2) is 0 Å². The Morgan fingerprint density at radius 2 is 0.870 bits per heavy atom. The molecule has 0 aliphatic heterocycles. The van der Waals surface area contributed by atoms with E-state index in [4.69, 9.17) is 4.98 Å². The number of hydrogen-bond donors (Lipinski definition) is 1. The topological polar surface area (TPSA) is 107 Å². The molecule has 0 spiro atoms. The first-order valence-corrected chi connectivity index (χ1v) is 26.7. The van der Waals surface area contributed by atoms with E-state index >= 15 is 19.2 Å². The van der Waals surface area contributed by atoms with Crippen molar-refractivity contribution in [2.75, 3.05) is 0 Å². The Morgan fingerprint density at radius 1 is 0.420 bits per heavy atom. The van der Waals surface area contributed by atoms with E-state index < -0.39 is 0 Å². The predicted molar refractivity (Wildman–Crippen MR) is 292 cm³/mol. The fraction of sp³-hybridized carbons (Fsp3) is 0.426. The van der Waals surface area contributed by atoms with E-state index in [1.165, 1.54) is 0 Å². The number of H-pyrrole nitrogens is 1. The third-order valence-electron chi connectivity index (χ3n) is 15.7. The van der Waals surface area contributed by atoms with Crippen molar-refractivity contribution in [3.63, 3.8) is 0 Å². The minimum absolute atomic E-state index is 0.193. The fourth-order valence-corrected chi connectivity index (χ4v) is 12.1. The van der Waals surface area contributed by atoms with Gasteiger partial charge in [-0.05, 0) is 77.6 Å². The van der Waals surface area contributed by atoms with Gasteiger partial charge in [0.1, 0.15) is 5.82 Å². The maximum Gasteiger partial charge on any atom is 0.261 e. The van der Waals surface area contributed by atoms with E-state index in [1.54, 1.807) is 9.13 Å². The molecule has 0 bridgehead atoms. The van der Waals surface area contributed by atoms with Crippen LogP contribution in [0.5, 0.6) is 0 Å². The van der Waals surface area contributed by atoms with Gasteiger partial charge in [0.25, 0.3) is 22.2 Å². The average molecular weight is 921 g/mol. The minimum atomic E-state index is -0.255. The maximum absolute atomic E-state index is 15.3. The van der Waals surface area contributed by atoms with Gasteiger partial charge in [0.2, 0.25) is 0 Å². The molecule has 0 aliphatic carbocycles. The van der Waals surface area contributed by atoms with Gasteiger partial charge in [-0.1, -0.05) is 179 Å². The molecule has 0 aliphatic rings. The van der Waals surface area contributed by atoms with E-state index in [1.807, 2.05) is 48.5 Å². The summed E-state index contributed by atoms with van der Waals surface area (Å²) in [5, 5.41) is 10.6. The summed E-state index contributed by atoms with van der Waals surface area (Å²) >= 11 is 0. The second-order valence-corrected chi connectivity index (χ2v) is 20.3. The van der Waals surface area contributed by atoms with Crippen LogP contribution in [0.15, 0.2) is 98.0 Å². The molecule has 7 aromatic carbocycles. The van der Waals surface area contributed by atoms with Crippen LogP contribution in [-0.2, 0) is 0 Å². The molecule has 356 valence electrons. The Bertz CT molecular complexity index is 3470. The molecule has 0 amide bonds. The molecule has 0 radical (unpaired) electrons. The maximum atomic E-state index is 15.3. The van der Waals surface area contributed by atoms with E-state index in [0.717, 1.165) is 177 Å². The van der Waals surface area contributed by atoms with E-state index in [2.05, 4.69) is 63.0 Å². The predicted octanol–water partition coefficient (Wildman–Crippen LogP) is 15.6. The van der Waals surface area contributed by atoms with Crippen LogP contribution in [0.3, 0.4) is 0 Å². The van der Waals surface area contributed by atoms with Crippen molar-refractivity contribution in [3.05, 3.63) is 120 Å². The molecule has 3 heterocycles. The third-order valence-corrected chi connectivity index (χ3v) is 15.7. The fourth-order valence-electron chi connectivity index (χ4n) is 12.1. The molecule has 0 unspecified atom stereocenters. The summed E-state index contributed by atoms with van der Waals surface area (Å²) in [5.41, 5.74) is 1.25. The monoisotopic (exact) mass is 921 g/mol. The largest absolute Gasteiger partial charge is 0.339 e. The second kappa shape index (κ2) is 20.1. The Hall–Kier alpha value is -6.15. The van der Waals surface area contributed by atoms with Crippen LogP contribution < -0.4 is 22.2 Å². The second-order valence-electron chi connectivity index (χ2n) is 20.3. The van der Waals surface area contributed by atoms with Crippen molar-refractivity contribution in [3.8, 4) is 11.4 Å². The summed E-state index contributed by atoms with van der Waals surface area (Å²) in [6.45, 7) is 8.82. The minimum Gasteiger partial charge on any atom is -0.339 e. The number of aromatic nitrogens is 4. The Balaban J connectivity index is 1.29. The molecule has 10 rings (SSSR count). The number of aromatic amines is 1. The molecule has 0 atom stereocenters. The molecular formula is C61H68N4O4. The van der Waals surface area contributed by atoms with Gasteiger partial charge >= 0.3 is 0 Å². The summed E-state index contributed by atoms with van der Waals surface area (Å²) in [6.07, 6.45) is 20.3. The summed E-state index contributed by atoms with van der Waals surface area (Å²) < 4.78 is 3.21. The zero-order valence-corrected chi connectivity index (χ0v) is 41.3. The summed E-state index contributed by atoms with van der Waals surface area (Å²) in [5.74, 6) is 0.595. The molecule has 10 aromatic rings. The Morgan fingerprint density at radius 3 is 1.38 bits per heavy atom. The van der Waals surface area contributed by atoms with Crippen LogP contribution >= 0.6 is 0 Å². The van der Waals surface area contributed by atoms with Crippen molar-refractivity contribution in [1.82, 2.24) is 19.1 Å². The summed E-state index contributed by atoms with van der Waals surface area (Å²) in [4.78, 5) is 70.0. The van der Waals surface area contributed by atoms with Gasteiger partial charge in [-0.15, -0.1) is 0 Å². The van der Waals surface area contributed by atoms with Crippen molar-refractivity contribution >= 4 is 86.4 Å². The van der Waals surface area contributed by atoms with Crippen LogP contribution in [-0.4, -0.2) is 19.1 Å². The smallest absolute Gasteiger partial charge is 0.261 e. The van der Waals surface area contributed by atoms with E-state index in [-0.39, 0.29) is 34.3 Å². The lowest BCUT2D eigenvalue weighted by Crippen LogP contribution is -2.37. The first kappa shape index (κ1) is 46.6. The molecule has 8 heteroatoms. The molecule has 0 saturated heterocycles. The molecule has 0 saturated carbocycles. The average Bonchev–Trinajstić information content (AvgIpc) is 3.53. The quantitative estimate of drug-likeness (QED) is 0.0391. The number of rotatable bonds is 23. The number of nitrogens with one attached hydrogen (secondary N) is 1. The molecule has 0 fully saturated rings. The Kier molecular flexibility index (Phi) is 13.5. The third kappa shape index (κ3) is 8.25. The van der Waals surface area contributed by atoms with Gasteiger partial charge in [0.05, 0.1) is 16.3 Å². The van der Waals surface area contributed by atoms with Gasteiger partial charge in [-0.25, -0.2) is 4.98 Å². The number of unbranched alkanes of at least 4 members (excludes halogenated alkanes) is 12. The lowest BCUT2D eigenvalue weighted by atomic mass is 9.85. The molecule has 69 heavy (non-hydrogen) atoms. The SMILES string of the molecule is CCCCCCC(CCCCCC)n1c(=O)c2ccc3c4ccc5c(=O)n(C(CCCCCC)CCCCCC)c(=O)c6cc7[nH]c(-c8ccc9ccccc9c8)nc8cc(c1=O)c2c3c8c7c4c56. The molecule has 8 nitrogen and oxygen atoms in total. The number of fused-ring (bicyclic) bond motifs is 2. The Labute approximate surface area is 403 Å². The normalized spacial score (nSPS) is 12.6. The molecule has 1 N–H and O–H groups in total. The zero-order valence-electron chi connectivity index (χ0n) is 41.3. The van der Waals surface area contributed by atoms with Crippen molar-refractivity contribution in [2.24, 2.45) is 0 Å². The first-order chi connectivity index (χ1) is 33.8. The van der Waals surface area contributed by atoms with Crippen molar-refractivity contribution < 1.29 is 0 Å². The highest BCUT2D eigenvalue weighted by Gasteiger charge is 2.29. The number of hydrogen-bond acceptors (Lipinski definition) is 5. The highest BCUT2D eigenvalue weighted by atomic mass is 16.2. The lowest BCUT2D eigenvalue weighted by molar-refractivity contribution is 0.384. The van der Waals surface area contributed by atoms with Crippen molar-refractivity contribution in [2.45, 2.75) is 168 Å². The number of pyridine rings is 2. The number of benzene rings is 7. The highest BCUT2D eigenvalue weighted by molar-refractivity contribution is 6.44. The standard InChI is InChI=1S/C61H68N4O4/c1-5-9-13-17-25-41(26-18-14-10-6-2)64-58(66)45-33-31-43-44-32-34-46-52-48(61(69)65(59(46)67)42(27-19-15-11-7-3)28-20-16-12-8-4)37-50-56(54(44)52)55-49(36-47(60(64)68)51(45)53(43)55)62-57(63-50)40-30-29-38-23-21-22-24-39(38)35-40/h21-24,29-37,41-42H,5-20,25-28H2,1-4H3,(H,62,63). The van der Waals surface area contributed by atoms with Crippen LogP contribution in [0.2, 0.25) is 0 Å². The van der Waals surface area contributed by atoms with Crippen LogP contribution in [0.4, 0.5) is 0 Å². The van der Waals surface area contributed by atoms with Gasteiger partial charge in [0, 0.05) is 66.3 Å². The van der Waals surface area contributed by atoms with Crippen LogP contribution in [0.1, 0.15) is 168 Å². The van der Waals surface area contributed by atoms with Gasteiger partial charge in [-0.3, -0.25) is 28.3 Å².